The maximum Gasteiger partial charge on any atom is 0.243 e. The number of aromatic hydroxyl groups is 1. The first-order valence-electron chi connectivity index (χ1n) is 10.8. The highest BCUT2D eigenvalue weighted by atomic mass is 16.5. The summed E-state index contributed by atoms with van der Waals surface area (Å²) >= 11 is 0. The lowest BCUT2D eigenvalue weighted by atomic mass is 9.93. The number of piperidine rings is 1. The fraction of sp³-hybridized carbons (Fsp3) is 0.400. The Hall–Kier alpha value is -2.99. The third-order valence-corrected chi connectivity index (χ3v) is 5.74. The van der Waals surface area contributed by atoms with Gasteiger partial charge in [0.2, 0.25) is 11.7 Å². The minimum Gasteiger partial charge on any atom is -0.502 e. The number of hydrogen-bond donors (Lipinski definition) is 2. The number of nitrogens with one attached hydrogen (secondary N) is 1. The number of phenolic OH excluding ortho intramolecular Hbond substituents is 1. The first-order chi connectivity index (χ1) is 15.1. The third-order valence-electron chi connectivity index (χ3n) is 5.74. The van der Waals surface area contributed by atoms with Crippen LogP contribution in [0.25, 0.3) is 6.08 Å². The zero-order valence-corrected chi connectivity index (χ0v) is 18.3. The van der Waals surface area contributed by atoms with Gasteiger partial charge in [0.15, 0.2) is 11.5 Å². The summed E-state index contributed by atoms with van der Waals surface area (Å²) in [6.07, 6.45) is 6.52. The van der Waals surface area contributed by atoms with Gasteiger partial charge in [-0.1, -0.05) is 30.3 Å². The van der Waals surface area contributed by atoms with E-state index in [1.54, 1.807) is 18.2 Å². The van der Waals surface area contributed by atoms with Gasteiger partial charge in [-0.05, 0) is 67.6 Å². The summed E-state index contributed by atoms with van der Waals surface area (Å²) in [6, 6.07) is 13.9. The van der Waals surface area contributed by atoms with Crippen molar-refractivity contribution in [1.29, 1.82) is 0 Å². The number of likely N-dealkylation sites (tertiary alicyclic amines) is 1. The largest absolute Gasteiger partial charge is 0.502 e. The number of carbonyl (C=O) groups excluding carboxylic acids is 1. The summed E-state index contributed by atoms with van der Waals surface area (Å²) in [5, 5.41) is 12.9. The zero-order valence-electron chi connectivity index (χ0n) is 18.3. The van der Waals surface area contributed by atoms with E-state index in [0.717, 1.165) is 26.1 Å². The SMILES string of the molecule is COc1cc(/C=C/C(=O)NCCC2CCN(Cc3ccccc3)CC2)cc(OC)c1O. The third kappa shape index (κ3) is 6.76. The molecule has 0 unspecified atom stereocenters. The molecule has 0 radical (unpaired) electrons. The van der Waals surface area contributed by atoms with Crippen molar-refractivity contribution in [3.63, 3.8) is 0 Å². The average Bonchev–Trinajstić information content (AvgIpc) is 2.80. The average molecular weight is 425 g/mol. The molecular formula is C25H32N2O4. The predicted molar refractivity (Wildman–Crippen MR) is 122 cm³/mol. The van der Waals surface area contributed by atoms with Gasteiger partial charge in [-0.3, -0.25) is 9.69 Å². The summed E-state index contributed by atoms with van der Waals surface area (Å²) in [5.74, 6) is 1.08. The lowest BCUT2D eigenvalue weighted by Gasteiger charge is -2.32. The minimum atomic E-state index is -0.132. The normalized spacial score (nSPS) is 15.2. The predicted octanol–water partition coefficient (Wildman–Crippen LogP) is 3.84. The zero-order chi connectivity index (χ0) is 22.1. The van der Waals surface area contributed by atoms with E-state index in [9.17, 15) is 9.90 Å². The molecule has 1 heterocycles. The van der Waals surface area contributed by atoms with Gasteiger partial charge >= 0.3 is 0 Å². The van der Waals surface area contributed by atoms with Crippen molar-refractivity contribution in [2.45, 2.75) is 25.8 Å². The number of methoxy groups -OCH3 is 2. The van der Waals surface area contributed by atoms with Crippen molar-refractivity contribution in [2.75, 3.05) is 33.9 Å². The Balaban J connectivity index is 1.39. The molecule has 6 nitrogen and oxygen atoms in total. The monoisotopic (exact) mass is 424 g/mol. The highest BCUT2D eigenvalue weighted by Crippen LogP contribution is 2.37. The van der Waals surface area contributed by atoms with Gasteiger partial charge in [-0.25, -0.2) is 0 Å². The molecule has 1 fully saturated rings. The van der Waals surface area contributed by atoms with Crippen LogP contribution in [-0.4, -0.2) is 49.8 Å². The first kappa shape index (κ1) is 22.7. The van der Waals surface area contributed by atoms with Gasteiger partial charge in [-0.2, -0.15) is 0 Å². The van der Waals surface area contributed by atoms with E-state index in [1.807, 2.05) is 0 Å². The van der Waals surface area contributed by atoms with Crippen molar-refractivity contribution in [3.05, 3.63) is 59.7 Å². The van der Waals surface area contributed by atoms with Crippen molar-refractivity contribution < 1.29 is 19.4 Å². The molecular weight excluding hydrogens is 392 g/mol. The van der Waals surface area contributed by atoms with E-state index in [-0.39, 0.29) is 11.7 Å². The van der Waals surface area contributed by atoms with Gasteiger partial charge in [0.05, 0.1) is 14.2 Å². The minimum absolute atomic E-state index is 0.0542. The Morgan fingerprint density at radius 2 is 1.77 bits per heavy atom. The fourth-order valence-corrected chi connectivity index (χ4v) is 3.92. The molecule has 1 aliphatic heterocycles. The molecule has 31 heavy (non-hydrogen) atoms. The molecule has 2 aromatic rings. The highest BCUT2D eigenvalue weighted by molar-refractivity contribution is 5.91. The van der Waals surface area contributed by atoms with Crippen LogP contribution in [0.3, 0.4) is 0 Å². The second kappa shape index (κ2) is 11.4. The van der Waals surface area contributed by atoms with E-state index in [2.05, 4.69) is 40.5 Å². The van der Waals surface area contributed by atoms with Crippen LogP contribution in [0.2, 0.25) is 0 Å². The second-order valence-corrected chi connectivity index (χ2v) is 7.89. The molecule has 2 aromatic carbocycles. The molecule has 3 rings (SSSR count). The molecule has 0 bridgehead atoms. The Morgan fingerprint density at radius 1 is 1.13 bits per heavy atom. The van der Waals surface area contributed by atoms with Crippen LogP contribution in [0, 0.1) is 5.92 Å². The standard InChI is InChI=1S/C25H32N2O4/c1-30-22-16-21(17-23(31-2)25(22)29)8-9-24(28)26-13-10-19-11-14-27(15-12-19)18-20-6-4-3-5-7-20/h3-9,16-17,19,29H,10-15,18H2,1-2H3,(H,26,28)/b9-8+. The van der Waals surface area contributed by atoms with E-state index in [0.29, 0.717) is 29.5 Å². The summed E-state index contributed by atoms with van der Waals surface area (Å²) in [6.45, 7) is 3.91. The summed E-state index contributed by atoms with van der Waals surface area (Å²) in [4.78, 5) is 14.7. The van der Waals surface area contributed by atoms with Crippen molar-refractivity contribution in [1.82, 2.24) is 10.2 Å². The Bertz CT molecular complexity index is 849. The number of nitrogens with zero attached hydrogens (tertiary/aromatic N) is 1. The molecule has 0 saturated carbocycles. The number of ether oxygens (including phenoxy) is 2. The number of benzene rings is 2. The van der Waals surface area contributed by atoms with Crippen molar-refractivity contribution in [3.8, 4) is 17.2 Å². The van der Waals surface area contributed by atoms with E-state index in [4.69, 9.17) is 9.47 Å². The number of amides is 1. The lowest BCUT2D eigenvalue weighted by Crippen LogP contribution is -2.34. The quantitative estimate of drug-likeness (QED) is 0.599. The smallest absolute Gasteiger partial charge is 0.243 e. The maximum absolute atomic E-state index is 12.2. The molecule has 1 aliphatic rings. The van der Waals surface area contributed by atoms with E-state index < -0.39 is 0 Å². The van der Waals surface area contributed by atoms with Gasteiger partial charge in [-0.15, -0.1) is 0 Å². The molecule has 166 valence electrons. The number of hydrogen-bond acceptors (Lipinski definition) is 5. The van der Waals surface area contributed by atoms with Gasteiger partial charge in [0, 0.05) is 19.2 Å². The second-order valence-electron chi connectivity index (χ2n) is 7.89. The highest BCUT2D eigenvalue weighted by Gasteiger charge is 2.19. The van der Waals surface area contributed by atoms with Gasteiger partial charge < -0.3 is 19.9 Å². The molecule has 1 amide bonds. The van der Waals surface area contributed by atoms with Crippen LogP contribution in [0.15, 0.2) is 48.5 Å². The van der Waals surface area contributed by atoms with Crippen LogP contribution < -0.4 is 14.8 Å². The molecule has 1 saturated heterocycles. The van der Waals surface area contributed by atoms with Crippen LogP contribution in [-0.2, 0) is 11.3 Å². The lowest BCUT2D eigenvalue weighted by molar-refractivity contribution is -0.116. The maximum atomic E-state index is 12.2. The fourth-order valence-electron chi connectivity index (χ4n) is 3.92. The number of carbonyl (C=O) groups is 1. The van der Waals surface area contributed by atoms with Crippen LogP contribution in [0.5, 0.6) is 17.2 Å². The topological polar surface area (TPSA) is 71.0 Å². The van der Waals surface area contributed by atoms with Crippen molar-refractivity contribution in [2.24, 2.45) is 5.92 Å². The van der Waals surface area contributed by atoms with E-state index >= 15 is 0 Å². The summed E-state index contributed by atoms with van der Waals surface area (Å²) in [7, 11) is 2.95. The number of rotatable bonds is 9. The molecule has 0 spiro atoms. The molecule has 0 aromatic heterocycles. The Morgan fingerprint density at radius 3 is 2.39 bits per heavy atom. The Labute approximate surface area is 184 Å². The summed E-state index contributed by atoms with van der Waals surface area (Å²) in [5.41, 5.74) is 2.08. The first-order valence-corrected chi connectivity index (χ1v) is 10.8. The van der Waals surface area contributed by atoms with Crippen LogP contribution in [0.4, 0.5) is 0 Å². The number of phenols is 1. The van der Waals surface area contributed by atoms with Crippen LogP contribution in [0.1, 0.15) is 30.4 Å². The van der Waals surface area contributed by atoms with Crippen molar-refractivity contribution >= 4 is 12.0 Å². The van der Waals surface area contributed by atoms with E-state index in [1.165, 1.54) is 38.7 Å². The molecule has 2 N–H and O–H groups in total. The molecule has 0 aliphatic carbocycles. The van der Waals surface area contributed by atoms with Gasteiger partial charge in [0.1, 0.15) is 0 Å². The summed E-state index contributed by atoms with van der Waals surface area (Å²) < 4.78 is 10.3. The Kier molecular flexibility index (Phi) is 8.35. The van der Waals surface area contributed by atoms with Gasteiger partial charge in [0.25, 0.3) is 0 Å². The molecule has 0 atom stereocenters. The molecule has 6 heteroatoms. The van der Waals surface area contributed by atoms with Crippen LogP contribution >= 0.6 is 0 Å².